The number of benzene rings is 1. The molecule has 1 aromatic rings. The van der Waals surface area contributed by atoms with Crippen LogP contribution in [0.5, 0.6) is 0 Å². The zero-order valence-corrected chi connectivity index (χ0v) is 16.7. The predicted octanol–water partition coefficient (Wildman–Crippen LogP) is 2.63. The van der Waals surface area contributed by atoms with Gasteiger partial charge in [0.1, 0.15) is 0 Å². The maximum absolute atomic E-state index is 6.22. The fourth-order valence-corrected chi connectivity index (χ4v) is 3.33. The lowest BCUT2D eigenvalue weighted by molar-refractivity contribution is 0.0180. The highest BCUT2D eigenvalue weighted by molar-refractivity contribution is 7.98. The molecule has 1 unspecified atom stereocenters. The first-order valence-corrected chi connectivity index (χ1v) is 10.6. The molecule has 1 fully saturated rings. The topological polar surface area (TPSA) is 48.9 Å². The van der Waals surface area contributed by atoms with Crippen LogP contribution in [0.2, 0.25) is 5.02 Å². The van der Waals surface area contributed by atoms with E-state index in [9.17, 15) is 0 Å². The summed E-state index contributed by atoms with van der Waals surface area (Å²) in [5.41, 5.74) is 1.21. The third-order valence-corrected chi connectivity index (χ3v) is 4.93. The van der Waals surface area contributed by atoms with Crippen LogP contribution < -0.4 is 10.6 Å². The number of halogens is 1. The monoisotopic (exact) mass is 384 g/mol. The molecule has 0 aliphatic carbocycles. The molecule has 0 aromatic heterocycles. The minimum absolute atomic E-state index is 0.207. The quantitative estimate of drug-likeness (QED) is 0.410. The van der Waals surface area contributed by atoms with E-state index < -0.39 is 0 Å². The van der Waals surface area contributed by atoms with Gasteiger partial charge in [-0.05, 0) is 30.9 Å². The van der Waals surface area contributed by atoms with Crippen LogP contribution in [0.3, 0.4) is 0 Å². The minimum atomic E-state index is 0.207. The molecule has 5 nitrogen and oxygen atoms in total. The smallest absolute Gasteiger partial charge is 0.191 e. The first-order valence-electron chi connectivity index (χ1n) is 8.83. The summed E-state index contributed by atoms with van der Waals surface area (Å²) in [7, 11) is 0. The molecule has 0 radical (unpaired) electrons. The van der Waals surface area contributed by atoms with Gasteiger partial charge in [-0.1, -0.05) is 23.7 Å². The Morgan fingerprint density at radius 3 is 2.84 bits per heavy atom. The maximum atomic E-state index is 6.22. The van der Waals surface area contributed by atoms with Gasteiger partial charge < -0.3 is 15.4 Å². The molecule has 1 aromatic carbocycles. The van der Waals surface area contributed by atoms with E-state index in [0.717, 1.165) is 56.1 Å². The summed E-state index contributed by atoms with van der Waals surface area (Å²) in [5, 5.41) is 7.48. The third kappa shape index (κ3) is 7.05. The van der Waals surface area contributed by atoms with E-state index >= 15 is 0 Å². The number of thioether (sulfide) groups is 1. The van der Waals surface area contributed by atoms with E-state index in [2.05, 4.69) is 34.8 Å². The van der Waals surface area contributed by atoms with E-state index in [1.807, 2.05) is 30.0 Å². The van der Waals surface area contributed by atoms with Crippen LogP contribution in [0.15, 0.2) is 29.3 Å². The second-order valence-corrected chi connectivity index (χ2v) is 7.28. The van der Waals surface area contributed by atoms with Crippen LogP contribution in [-0.2, 0) is 4.74 Å². The molecule has 0 saturated carbocycles. The average molecular weight is 385 g/mol. The number of guanidine groups is 1. The summed E-state index contributed by atoms with van der Waals surface area (Å²) in [5.74, 6) is 1.93. The van der Waals surface area contributed by atoms with Crippen molar-refractivity contribution in [2.75, 3.05) is 57.9 Å². The van der Waals surface area contributed by atoms with Crippen molar-refractivity contribution in [3.05, 3.63) is 34.9 Å². The fraction of sp³-hybridized carbons (Fsp3) is 0.611. The molecular formula is C18H29ClN4OS. The lowest BCUT2D eigenvalue weighted by Crippen LogP contribution is -2.42. The summed E-state index contributed by atoms with van der Waals surface area (Å²) in [6.07, 6.45) is 2.11. The van der Waals surface area contributed by atoms with Crippen LogP contribution in [0.4, 0.5) is 0 Å². The highest BCUT2D eigenvalue weighted by Gasteiger charge is 2.22. The SMILES string of the molecule is CCNC(=NCC(c1cccc(Cl)c1)N1CCOCC1)NCCSC. The van der Waals surface area contributed by atoms with Crippen molar-refractivity contribution in [1.82, 2.24) is 15.5 Å². The van der Waals surface area contributed by atoms with E-state index in [4.69, 9.17) is 21.3 Å². The molecule has 1 aliphatic heterocycles. The van der Waals surface area contributed by atoms with Crippen LogP contribution in [0.25, 0.3) is 0 Å². The molecule has 1 aliphatic rings. The third-order valence-electron chi connectivity index (χ3n) is 4.09. The number of hydrogen-bond donors (Lipinski definition) is 2. The van der Waals surface area contributed by atoms with Gasteiger partial charge in [-0.15, -0.1) is 0 Å². The van der Waals surface area contributed by atoms with E-state index in [1.165, 1.54) is 5.56 Å². The second kappa shape index (κ2) is 11.6. The summed E-state index contributed by atoms with van der Waals surface area (Å²) in [6.45, 7) is 7.92. The lowest BCUT2D eigenvalue weighted by Gasteiger charge is -2.34. The Kier molecular flexibility index (Phi) is 9.47. The van der Waals surface area contributed by atoms with E-state index in [1.54, 1.807) is 0 Å². The van der Waals surface area contributed by atoms with Gasteiger partial charge in [0, 0.05) is 37.0 Å². The average Bonchev–Trinajstić information content (AvgIpc) is 2.63. The van der Waals surface area contributed by atoms with Crippen molar-refractivity contribution in [2.24, 2.45) is 4.99 Å². The van der Waals surface area contributed by atoms with Gasteiger partial charge in [-0.25, -0.2) is 0 Å². The molecule has 0 bridgehead atoms. The first kappa shape index (κ1) is 20.4. The minimum Gasteiger partial charge on any atom is -0.379 e. The van der Waals surface area contributed by atoms with Crippen molar-refractivity contribution in [1.29, 1.82) is 0 Å². The summed E-state index contributed by atoms with van der Waals surface area (Å²) >= 11 is 8.04. The fourth-order valence-electron chi connectivity index (χ4n) is 2.83. The van der Waals surface area contributed by atoms with Gasteiger partial charge in [-0.2, -0.15) is 11.8 Å². The Bertz CT molecular complexity index is 538. The molecule has 140 valence electrons. The number of rotatable bonds is 8. The van der Waals surface area contributed by atoms with E-state index in [0.29, 0.717) is 6.54 Å². The maximum Gasteiger partial charge on any atom is 0.191 e. The summed E-state index contributed by atoms with van der Waals surface area (Å²) in [6, 6.07) is 8.31. The van der Waals surface area contributed by atoms with Crippen molar-refractivity contribution >= 4 is 29.3 Å². The molecule has 0 spiro atoms. The van der Waals surface area contributed by atoms with Crippen molar-refractivity contribution in [2.45, 2.75) is 13.0 Å². The highest BCUT2D eigenvalue weighted by atomic mass is 35.5. The van der Waals surface area contributed by atoms with Gasteiger partial charge in [0.2, 0.25) is 0 Å². The number of aliphatic imine (C=N–C) groups is 1. The van der Waals surface area contributed by atoms with Crippen LogP contribution >= 0.6 is 23.4 Å². The lowest BCUT2D eigenvalue weighted by atomic mass is 10.0. The second-order valence-electron chi connectivity index (χ2n) is 5.86. The van der Waals surface area contributed by atoms with E-state index in [-0.39, 0.29) is 6.04 Å². The van der Waals surface area contributed by atoms with Crippen LogP contribution in [-0.4, -0.2) is 68.8 Å². The number of hydrogen-bond acceptors (Lipinski definition) is 4. The van der Waals surface area contributed by atoms with Crippen LogP contribution in [0, 0.1) is 0 Å². The zero-order valence-electron chi connectivity index (χ0n) is 15.1. The number of nitrogens with one attached hydrogen (secondary N) is 2. The molecular weight excluding hydrogens is 356 g/mol. The Morgan fingerprint density at radius 2 is 2.16 bits per heavy atom. The van der Waals surface area contributed by atoms with Gasteiger partial charge in [0.05, 0.1) is 25.8 Å². The van der Waals surface area contributed by atoms with Gasteiger partial charge in [0.15, 0.2) is 5.96 Å². The molecule has 2 rings (SSSR count). The molecule has 1 atom stereocenters. The highest BCUT2D eigenvalue weighted by Crippen LogP contribution is 2.24. The van der Waals surface area contributed by atoms with Gasteiger partial charge in [-0.3, -0.25) is 9.89 Å². The van der Waals surface area contributed by atoms with Gasteiger partial charge in [0.25, 0.3) is 0 Å². The number of morpholine rings is 1. The normalized spacial score (nSPS) is 17.3. The molecule has 25 heavy (non-hydrogen) atoms. The summed E-state index contributed by atoms with van der Waals surface area (Å²) in [4.78, 5) is 7.26. The molecule has 2 N–H and O–H groups in total. The van der Waals surface area contributed by atoms with Crippen molar-refractivity contribution in [3.8, 4) is 0 Å². The Balaban J connectivity index is 2.11. The Morgan fingerprint density at radius 1 is 1.36 bits per heavy atom. The Labute approximate surface area is 160 Å². The molecule has 0 amide bonds. The number of nitrogens with zero attached hydrogens (tertiary/aromatic N) is 2. The zero-order chi connectivity index (χ0) is 17.9. The predicted molar refractivity (Wildman–Crippen MR) is 109 cm³/mol. The molecule has 1 heterocycles. The standard InChI is InChI=1S/C18H29ClN4OS/c1-3-20-18(21-7-12-25-2)22-14-17(23-8-10-24-11-9-23)15-5-4-6-16(19)13-15/h4-6,13,17H,3,7-12,14H2,1-2H3,(H2,20,21,22). The number of ether oxygens (including phenoxy) is 1. The molecule has 1 saturated heterocycles. The van der Waals surface area contributed by atoms with Crippen molar-refractivity contribution < 1.29 is 4.74 Å². The van der Waals surface area contributed by atoms with Gasteiger partial charge >= 0.3 is 0 Å². The summed E-state index contributed by atoms with van der Waals surface area (Å²) < 4.78 is 5.51. The van der Waals surface area contributed by atoms with Crippen LogP contribution in [0.1, 0.15) is 18.5 Å². The Hall–Kier alpha value is -0.950. The molecule has 7 heteroatoms. The van der Waals surface area contributed by atoms with Crippen molar-refractivity contribution in [3.63, 3.8) is 0 Å². The first-order chi connectivity index (χ1) is 12.2. The largest absolute Gasteiger partial charge is 0.379 e.